The molecule has 1 aromatic carbocycles. The predicted octanol–water partition coefficient (Wildman–Crippen LogP) is 2.37. The lowest BCUT2D eigenvalue weighted by Gasteiger charge is -2.18. The smallest absolute Gasteiger partial charge is 0.256 e. The largest absolute Gasteiger partial charge is 0.338 e. The molecule has 1 amide bonds. The molecule has 0 bridgehead atoms. The minimum Gasteiger partial charge on any atom is -0.338 e. The molecule has 126 valence electrons. The van der Waals surface area contributed by atoms with Gasteiger partial charge >= 0.3 is 0 Å². The van der Waals surface area contributed by atoms with Crippen LogP contribution in [0.4, 0.5) is 0 Å². The van der Waals surface area contributed by atoms with E-state index in [4.69, 9.17) is 0 Å². The zero-order valence-corrected chi connectivity index (χ0v) is 13.8. The Morgan fingerprint density at radius 1 is 1.12 bits per heavy atom. The molecule has 0 spiro atoms. The highest BCUT2D eigenvalue weighted by Crippen LogP contribution is 2.24. The van der Waals surface area contributed by atoms with E-state index in [-0.39, 0.29) is 5.91 Å². The summed E-state index contributed by atoms with van der Waals surface area (Å²) in [6, 6.07) is 11.6. The minimum absolute atomic E-state index is 0.0586. The van der Waals surface area contributed by atoms with Crippen molar-refractivity contribution in [3.8, 4) is 5.69 Å². The Morgan fingerprint density at radius 2 is 1.96 bits per heavy atom. The van der Waals surface area contributed by atoms with Gasteiger partial charge in [0.05, 0.1) is 23.6 Å². The highest BCUT2D eigenvalue weighted by atomic mass is 16.2. The van der Waals surface area contributed by atoms with Crippen molar-refractivity contribution >= 4 is 5.91 Å². The summed E-state index contributed by atoms with van der Waals surface area (Å²) in [6.07, 6.45) is 9.02. The van der Waals surface area contributed by atoms with Gasteiger partial charge in [0.15, 0.2) is 0 Å². The number of carbonyl (C=O) groups excluding carboxylic acids is 1. The molecule has 6 nitrogen and oxygen atoms in total. The van der Waals surface area contributed by atoms with Gasteiger partial charge in [-0.1, -0.05) is 17.3 Å². The first-order valence-electron chi connectivity index (χ1n) is 8.45. The highest BCUT2D eigenvalue weighted by Gasteiger charge is 2.28. The van der Waals surface area contributed by atoms with Gasteiger partial charge in [-0.2, -0.15) is 0 Å². The fraction of sp³-hybridized carbons (Fsp3) is 0.263. The van der Waals surface area contributed by atoms with E-state index in [9.17, 15) is 4.79 Å². The average Bonchev–Trinajstić information content (AvgIpc) is 3.34. The molecule has 3 aromatic rings. The number of carbonyl (C=O) groups is 1. The molecule has 1 saturated heterocycles. The van der Waals surface area contributed by atoms with Crippen molar-refractivity contribution in [2.24, 2.45) is 5.92 Å². The van der Waals surface area contributed by atoms with E-state index < -0.39 is 0 Å². The van der Waals surface area contributed by atoms with Crippen LogP contribution in [0.25, 0.3) is 5.69 Å². The van der Waals surface area contributed by atoms with E-state index in [1.165, 1.54) is 5.56 Å². The summed E-state index contributed by atoms with van der Waals surface area (Å²) in [7, 11) is 0. The topological polar surface area (TPSA) is 63.9 Å². The second-order valence-corrected chi connectivity index (χ2v) is 6.33. The number of pyridine rings is 1. The van der Waals surface area contributed by atoms with E-state index in [1.54, 1.807) is 17.1 Å². The lowest BCUT2D eigenvalue weighted by atomic mass is 10.00. The summed E-state index contributed by atoms with van der Waals surface area (Å²) in [5.74, 6) is 0.549. The van der Waals surface area contributed by atoms with Crippen molar-refractivity contribution in [1.82, 2.24) is 24.9 Å². The molecule has 1 unspecified atom stereocenters. The summed E-state index contributed by atoms with van der Waals surface area (Å²) in [5.41, 5.74) is 2.71. The molecule has 1 fully saturated rings. The zero-order chi connectivity index (χ0) is 17.1. The third kappa shape index (κ3) is 3.28. The van der Waals surface area contributed by atoms with Gasteiger partial charge in [0.2, 0.25) is 0 Å². The molecule has 2 aromatic heterocycles. The minimum atomic E-state index is 0.0586. The van der Waals surface area contributed by atoms with Crippen LogP contribution >= 0.6 is 0 Å². The quantitative estimate of drug-likeness (QED) is 0.735. The third-order valence-corrected chi connectivity index (χ3v) is 4.65. The summed E-state index contributed by atoms with van der Waals surface area (Å²) in [5, 5.41) is 7.86. The molecular formula is C19H19N5O. The second-order valence-electron chi connectivity index (χ2n) is 6.33. The van der Waals surface area contributed by atoms with Crippen molar-refractivity contribution < 1.29 is 4.79 Å². The zero-order valence-electron chi connectivity index (χ0n) is 13.8. The van der Waals surface area contributed by atoms with Crippen LogP contribution in [0.5, 0.6) is 0 Å². The van der Waals surface area contributed by atoms with Gasteiger partial charge in [0.25, 0.3) is 5.91 Å². The maximum Gasteiger partial charge on any atom is 0.256 e. The van der Waals surface area contributed by atoms with E-state index in [0.29, 0.717) is 11.5 Å². The number of amides is 1. The Kier molecular flexibility index (Phi) is 4.24. The van der Waals surface area contributed by atoms with Gasteiger partial charge in [0.1, 0.15) is 0 Å². The van der Waals surface area contributed by atoms with E-state index in [2.05, 4.69) is 15.3 Å². The number of aromatic nitrogens is 4. The third-order valence-electron chi connectivity index (χ3n) is 4.65. The molecule has 0 aliphatic carbocycles. The summed E-state index contributed by atoms with van der Waals surface area (Å²) >= 11 is 0. The van der Waals surface area contributed by atoms with Crippen LogP contribution in [0.15, 0.2) is 61.2 Å². The van der Waals surface area contributed by atoms with E-state index in [0.717, 1.165) is 31.6 Å². The normalized spacial score (nSPS) is 17.0. The molecule has 0 saturated carbocycles. The SMILES string of the molecule is O=C(c1ccccc1-n1ccnn1)N1CCC(Cc2ccncc2)C1. The monoisotopic (exact) mass is 333 g/mol. The van der Waals surface area contributed by atoms with Crippen molar-refractivity contribution in [3.63, 3.8) is 0 Å². The lowest BCUT2D eigenvalue weighted by Crippen LogP contribution is -2.30. The molecule has 3 heterocycles. The number of hydrogen-bond acceptors (Lipinski definition) is 4. The van der Waals surface area contributed by atoms with Crippen molar-refractivity contribution in [2.75, 3.05) is 13.1 Å². The molecule has 1 aliphatic heterocycles. The van der Waals surface area contributed by atoms with Gasteiger partial charge in [0, 0.05) is 25.5 Å². The molecule has 0 N–H and O–H groups in total. The maximum atomic E-state index is 13.0. The Morgan fingerprint density at radius 3 is 2.76 bits per heavy atom. The maximum absolute atomic E-state index is 13.0. The number of hydrogen-bond donors (Lipinski definition) is 0. The first-order chi connectivity index (χ1) is 12.3. The van der Waals surface area contributed by atoms with Gasteiger partial charge in [-0.25, -0.2) is 4.68 Å². The number of para-hydroxylation sites is 1. The lowest BCUT2D eigenvalue weighted by molar-refractivity contribution is 0.0787. The summed E-state index contributed by atoms with van der Waals surface area (Å²) < 4.78 is 1.64. The molecule has 25 heavy (non-hydrogen) atoms. The predicted molar refractivity (Wildman–Crippen MR) is 93.3 cm³/mol. The van der Waals surface area contributed by atoms with Crippen LogP contribution in [-0.2, 0) is 6.42 Å². The molecule has 4 rings (SSSR count). The van der Waals surface area contributed by atoms with Crippen molar-refractivity contribution in [3.05, 3.63) is 72.3 Å². The summed E-state index contributed by atoms with van der Waals surface area (Å²) in [6.45, 7) is 1.58. The number of benzene rings is 1. The van der Waals surface area contributed by atoms with Crippen LogP contribution in [0.3, 0.4) is 0 Å². The summed E-state index contributed by atoms with van der Waals surface area (Å²) in [4.78, 5) is 19.0. The van der Waals surface area contributed by atoms with Crippen LogP contribution in [-0.4, -0.2) is 43.9 Å². The van der Waals surface area contributed by atoms with Gasteiger partial charge in [-0.3, -0.25) is 9.78 Å². The number of likely N-dealkylation sites (tertiary alicyclic amines) is 1. The van der Waals surface area contributed by atoms with Gasteiger partial charge in [-0.05, 0) is 48.6 Å². The Bertz CT molecular complexity index is 847. The van der Waals surface area contributed by atoms with Gasteiger partial charge in [-0.15, -0.1) is 5.10 Å². The average molecular weight is 333 g/mol. The van der Waals surface area contributed by atoms with Crippen molar-refractivity contribution in [1.29, 1.82) is 0 Å². The van der Waals surface area contributed by atoms with E-state index in [1.807, 2.05) is 53.7 Å². The van der Waals surface area contributed by atoms with E-state index >= 15 is 0 Å². The molecule has 0 radical (unpaired) electrons. The highest BCUT2D eigenvalue weighted by molar-refractivity contribution is 5.97. The van der Waals surface area contributed by atoms with Gasteiger partial charge < -0.3 is 4.90 Å². The standard InChI is InChI=1S/C19H19N5O/c25-19(17-3-1-2-4-18(17)24-12-10-21-22-24)23-11-7-16(14-23)13-15-5-8-20-9-6-15/h1-6,8-10,12,16H,7,11,13-14H2. The van der Waals surface area contributed by atoms with Crippen LogP contribution in [0, 0.1) is 5.92 Å². The van der Waals surface area contributed by atoms with Crippen LogP contribution < -0.4 is 0 Å². The molecule has 1 atom stereocenters. The van der Waals surface area contributed by atoms with Crippen molar-refractivity contribution in [2.45, 2.75) is 12.8 Å². The van der Waals surface area contributed by atoms with Crippen LogP contribution in [0.1, 0.15) is 22.3 Å². The molecule has 6 heteroatoms. The Labute approximate surface area is 146 Å². The molecule has 1 aliphatic rings. The first-order valence-corrected chi connectivity index (χ1v) is 8.45. The first kappa shape index (κ1) is 15.5. The fourth-order valence-corrected chi connectivity index (χ4v) is 3.40. The van der Waals surface area contributed by atoms with Crippen LogP contribution in [0.2, 0.25) is 0 Å². The number of rotatable bonds is 4. The molecular weight excluding hydrogens is 314 g/mol. The Balaban J connectivity index is 1.49. The number of nitrogens with zero attached hydrogens (tertiary/aromatic N) is 5. The fourth-order valence-electron chi connectivity index (χ4n) is 3.40. The second kappa shape index (κ2) is 6.84. The Hall–Kier alpha value is -3.02.